The first-order valence-corrected chi connectivity index (χ1v) is 8.62. The van der Waals surface area contributed by atoms with Crippen molar-refractivity contribution in [3.63, 3.8) is 0 Å². The van der Waals surface area contributed by atoms with Crippen LogP contribution >= 0.6 is 11.6 Å². The highest BCUT2D eigenvalue weighted by Crippen LogP contribution is 2.41. The molecule has 1 saturated heterocycles. The molecule has 0 bridgehead atoms. The van der Waals surface area contributed by atoms with Crippen molar-refractivity contribution in [2.24, 2.45) is 0 Å². The molecule has 1 aliphatic heterocycles. The molecule has 1 aliphatic rings. The summed E-state index contributed by atoms with van der Waals surface area (Å²) in [7, 11) is 0. The maximum Gasteiger partial charge on any atom is 0.181 e. The first kappa shape index (κ1) is 15.4. The van der Waals surface area contributed by atoms with E-state index in [0.717, 1.165) is 42.3 Å². The maximum atomic E-state index is 6.09. The van der Waals surface area contributed by atoms with Crippen LogP contribution in [0.25, 0.3) is 11.3 Å². The van der Waals surface area contributed by atoms with Crippen LogP contribution in [-0.2, 0) is 5.41 Å². The molecule has 0 unspecified atom stereocenters. The molecule has 1 N–H and O–H groups in total. The molecule has 122 valence electrons. The Balaban J connectivity index is 1.75. The predicted octanol–water partition coefficient (Wildman–Crippen LogP) is 4.66. The van der Waals surface area contributed by atoms with E-state index in [-0.39, 0.29) is 5.41 Å². The monoisotopic (exact) mass is 338 g/mol. The van der Waals surface area contributed by atoms with E-state index < -0.39 is 0 Å². The molecule has 24 heavy (non-hydrogen) atoms. The zero-order chi connectivity index (χ0) is 16.4. The molecular formula is C20H19ClN2O. The Morgan fingerprint density at radius 3 is 2.12 bits per heavy atom. The van der Waals surface area contributed by atoms with Crippen molar-refractivity contribution in [2.75, 3.05) is 13.1 Å². The van der Waals surface area contributed by atoms with E-state index in [1.54, 1.807) is 6.20 Å². The number of benzene rings is 2. The van der Waals surface area contributed by atoms with Gasteiger partial charge in [-0.1, -0.05) is 48.0 Å². The van der Waals surface area contributed by atoms with Crippen molar-refractivity contribution in [2.45, 2.75) is 18.3 Å². The average Bonchev–Trinajstić information content (AvgIpc) is 3.18. The van der Waals surface area contributed by atoms with Gasteiger partial charge in [-0.3, -0.25) is 0 Å². The average molecular weight is 339 g/mol. The van der Waals surface area contributed by atoms with Gasteiger partial charge in [0.2, 0.25) is 0 Å². The summed E-state index contributed by atoms with van der Waals surface area (Å²) in [5.74, 6) is 0.799. The lowest BCUT2D eigenvalue weighted by Crippen LogP contribution is -2.40. The molecule has 2 heterocycles. The van der Waals surface area contributed by atoms with Crippen LogP contribution in [0.15, 0.2) is 65.5 Å². The van der Waals surface area contributed by atoms with Crippen molar-refractivity contribution in [1.82, 2.24) is 10.3 Å². The van der Waals surface area contributed by atoms with Crippen LogP contribution in [0.5, 0.6) is 0 Å². The number of nitrogens with zero attached hydrogens (tertiary/aromatic N) is 1. The fourth-order valence-corrected chi connectivity index (χ4v) is 3.80. The number of halogens is 1. The number of aromatic nitrogens is 1. The maximum absolute atomic E-state index is 6.09. The van der Waals surface area contributed by atoms with Crippen LogP contribution < -0.4 is 5.32 Å². The van der Waals surface area contributed by atoms with Crippen LogP contribution in [0.1, 0.15) is 24.0 Å². The fraction of sp³-hybridized carbons (Fsp3) is 0.250. The lowest BCUT2D eigenvalue weighted by atomic mass is 9.68. The summed E-state index contributed by atoms with van der Waals surface area (Å²) < 4.78 is 5.39. The van der Waals surface area contributed by atoms with Crippen molar-refractivity contribution in [3.05, 3.63) is 77.3 Å². The van der Waals surface area contributed by atoms with Crippen molar-refractivity contribution >= 4 is 11.6 Å². The van der Waals surface area contributed by atoms with Gasteiger partial charge in [0.1, 0.15) is 0 Å². The second kappa shape index (κ2) is 6.42. The SMILES string of the molecule is Clc1ccc(C2(c3ccc(-c4cnco4)cc3)CCNCC2)cc1. The minimum atomic E-state index is 0.0375. The largest absolute Gasteiger partial charge is 0.444 e. The van der Waals surface area contributed by atoms with Crippen LogP contribution in [0, 0.1) is 0 Å². The van der Waals surface area contributed by atoms with Crippen LogP contribution in [0.4, 0.5) is 0 Å². The Kier molecular flexibility index (Phi) is 4.13. The van der Waals surface area contributed by atoms with Crippen molar-refractivity contribution in [3.8, 4) is 11.3 Å². The van der Waals surface area contributed by atoms with Crippen molar-refractivity contribution < 1.29 is 4.42 Å². The van der Waals surface area contributed by atoms with Gasteiger partial charge in [-0.2, -0.15) is 0 Å². The standard InChI is InChI=1S/C20H19ClN2O/c21-18-7-5-17(6-8-18)20(9-11-22-12-10-20)16-3-1-15(2-4-16)19-13-23-14-24-19/h1-8,13-14,22H,9-12H2. The molecule has 1 fully saturated rings. The van der Waals surface area contributed by atoms with Gasteiger partial charge in [-0.05, 0) is 49.2 Å². The highest BCUT2D eigenvalue weighted by Gasteiger charge is 2.35. The molecule has 0 amide bonds. The number of hydrogen-bond acceptors (Lipinski definition) is 3. The summed E-state index contributed by atoms with van der Waals surface area (Å²) in [6, 6.07) is 17.0. The Hall–Kier alpha value is -2.10. The van der Waals surface area contributed by atoms with Gasteiger partial charge in [-0.15, -0.1) is 0 Å². The molecule has 0 atom stereocenters. The third kappa shape index (κ3) is 2.74. The third-order valence-electron chi connectivity index (χ3n) is 5.01. The summed E-state index contributed by atoms with van der Waals surface area (Å²) in [6.07, 6.45) is 5.37. The smallest absolute Gasteiger partial charge is 0.181 e. The van der Waals surface area contributed by atoms with Crippen LogP contribution in [0.2, 0.25) is 5.02 Å². The quantitative estimate of drug-likeness (QED) is 0.754. The lowest BCUT2D eigenvalue weighted by Gasteiger charge is -2.39. The second-order valence-corrected chi connectivity index (χ2v) is 6.72. The van der Waals surface area contributed by atoms with Gasteiger partial charge in [0.05, 0.1) is 6.20 Å². The molecule has 4 heteroatoms. The Morgan fingerprint density at radius 1 is 0.917 bits per heavy atom. The molecule has 0 radical (unpaired) electrons. The zero-order valence-electron chi connectivity index (χ0n) is 13.3. The molecule has 4 rings (SSSR count). The van der Waals surface area contributed by atoms with Crippen molar-refractivity contribution in [1.29, 1.82) is 0 Å². The van der Waals surface area contributed by atoms with Gasteiger partial charge in [0.15, 0.2) is 12.2 Å². The highest BCUT2D eigenvalue weighted by molar-refractivity contribution is 6.30. The summed E-state index contributed by atoms with van der Waals surface area (Å²) in [4.78, 5) is 3.99. The Bertz CT molecular complexity index is 789. The third-order valence-corrected chi connectivity index (χ3v) is 5.26. The van der Waals surface area contributed by atoms with Crippen LogP contribution in [0.3, 0.4) is 0 Å². The molecule has 0 aliphatic carbocycles. The predicted molar refractivity (Wildman–Crippen MR) is 96.3 cm³/mol. The Labute approximate surface area is 146 Å². The summed E-state index contributed by atoms with van der Waals surface area (Å²) in [5.41, 5.74) is 3.77. The number of rotatable bonds is 3. The summed E-state index contributed by atoms with van der Waals surface area (Å²) in [6.45, 7) is 2.04. The number of piperidine rings is 1. The zero-order valence-corrected chi connectivity index (χ0v) is 14.1. The fourth-order valence-electron chi connectivity index (χ4n) is 3.68. The summed E-state index contributed by atoms with van der Waals surface area (Å²) >= 11 is 6.09. The normalized spacial score (nSPS) is 16.9. The number of oxazole rings is 1. The molecule has 0 spiro atoms. The van der Waals surface area contributed by atoms with E-state index in [4.69, 9.17) is 16.0 Å². The van der Waals surface area contributed by atoms with Gasteiger partial charge < -0.3 is 9.73 Å². The van der Waals surface area contributed by atoms with Gasteiger partial charge in [0.25, 0.3) is 0 Å². The summed E-state index contributed by atoms with van der Waals surface area (Å²) in [5, 5.41) is 4.26. The van der Waals surface area contributed by atoms with Gasteiger partial charge >= 0.3 is 0 Å². The first-order chi connectivity index (χ1) is 11.8. The minimum Gasteiger partial charge on any atom is -0.444 e. The Morgan fingerprint density at radius 2 is 1.54 bits per heavy atom. The van der Waals surface area contributed by atoms with Crippen LogP contribution in [-0.4, -0.2) is 18.1 Å². The van der Waals surface area contributed by atoms with E-state index in [1.165, 1.54) is 17.5 Å². The lowest BCUT2D eigenvalue weighted by molar-refractivity contribution is 0.362. The second-order valence-electron chi connectivity index (χ2n) is 6.28. The van der Waals surface area contributed by atoms with E-state index >= 15 is 0 Å². The minimum absolute atomic E-state index is 0.0375. The topological polar surface area (TPSA) is 38.1 Å². The first-order valence-electron chi connectivity index (χ1n) is 8.24. The number of nitrogens with one attached hydrogen (secondary N) is 1. The molecular weight excluding hydrogens is 320 g/mol. The van der Waals surface area contributed by atoms with Gasteiger partial charge in [-0.25, -0.2) is 4.98 Å². The molecule has 3 nitrogen and oxygen atoms in total. The number of hydrogen-bond donors (Lipinski definition) is 1. The highest BCUT2D eigenvalue weighted by atomic mass is 35.5. The van der Waals surface area contributed by atoms with E-state index in [9.17, 15) is 0 Å². The van der Waals surface area contributed by atoms with E-state index in [1.807, 2.05) is 12.1 Å². The molecule has 3 aromatic rings. The molecule has 0 saturated carbocycles. The van der Waals surface area contributed by atoms with Gasteiger partial charge in [0, 0.05) is 16.0 Å². The molecule has 1 aromatic heterocycles. The van der Waals surface area contributed by atoms with E-state index in [0.29, 0.717) is 0 Å². The van der Waals surface area contributed by atoms with E-state index in [2.05, 4.69) is 46.7 Å². The molecule has 2 aromatic carbocycles.